The zero-order valence-electron chi connectivity index (χ0n) is 10.0. The molecule has 0 aromatic heterocycles. The summed E-state index contributed by atoms with van der Waals surface area (Å²) < 4.78 is 0. The van der Waals surface area contributed by atoms with E-state index in [-0.39, 0.29) is 6.10 Å². The third-order valence-electron chi connectivity index (χ3n) is 3.13. The highest BCUT2D eigenvalue weighted by Crippen LogP contribution is 2.35. The van der Waals surface area contributed by atoms with E-state index in [2.05, 4.69) is 25.1 Å². The molecular formula is C14H22O. The van der Waals surface area contributed by atoms with E-state index in [1.54, 1.807) is 0 Å². The Labute approximate surface area is 93.1 Å². The Balaban J connectivity index is 0.000000531. The van der Waals surface area contributed by atoms with Crippen molar-refractivity contribution >= 4 is 0 Å². The highest BCUT2D eigenvalue weighted by atomic mass is 16.3. The molecule has 2 unspecified atom stereocenters. The van der Waals surface area contributed by atoms with Crippen LogP contribution < -0.4 is 0 Å². The molecule has 1 heteroatoms. The lowest BCUT2D eigenvalue weighted by Gasteiger charge is -2.29. The van der Waals surface area contributed by atoms with Gasteiger partial charge in [-0.2, -0.15) is 0 Å². The van der Waals surface area contributed by atoms with Gasteiger partial charge in [-0.25, -0.2) is 0 Å². The monoisotopic (exact) mass is 206 g/mol. The molecule has 1 aliphatic carbocycles. The van der Waals surface area contributed by atoms with Crippen molar-refractivity contribution in [1.29, 1.82) is 0 Å². The minimum atomic E-state index is -0.227. The fraction of sp³-hybridized carbons (Fsp3) is 0.571. The summed E-state index contributed by atoms with van der Waals surface area (Å²) in [6.07, 6.45) is 3.12. The lowest BCUT2D eigenvalue weighted by atomic mass is 9.80. The first-order valence-electron chi connectivity index (χ1n) is 6.08. The molecule has 0 fully saturated rings. The second-order valence-electron chi connectivity index (χ2n) is 3.85. The van der Waals surface area contributed by atoms with Gasteiger partial charge in [-0.05, 0) is 29.9 Å². The highest BCUT2D eigenvalue weighted by Gasteiger charge is 2.25. The van der Waals surface area contributed by atoms with E-state index >= 15 is 0 Å². The molecule has 1 nitrogen and oxygen atoms in total. The Morgan fingerprint density at radius 3 is 2.60 bits per heavy atom. The summed E-state index contributed by atoms with van der Waals surface area (Å²) in [4.78, 5) is 0. The Hall–Kier alpha value is -0.820. The van der Waals surface area contributed by atoms with E-state index in [0.717, 1.165) is 24.8 Å². The lowest BCUT2D eigenvalue weighted by Crippen LogP contribution is -2.19. The Morgan fingerprint density at radius 2 is 1.93 bits per heavy atom. The first kappa shape index (κ1) is 12.3. The molecule has 1 N–H and O–H groups in total. The molecule has 1 aromatic rings. The average molecular weight is 206 g/mol. The second-order valence-corrected chi connectivity index (χ2v) is 3.85. The molecule has 0 spiro atoms. The average Bonchev–Trinajstić information content (AvgIpc) is 2.33. The van der Waals surface area contributed by atoms with Crippen LogP contribution in [0.3, 0.4) is 0 Å². The van der Waals surface area contributed by atoms with Gasteiger partial charge >= 0.3 is 0 Å². The van der Waals surface area contributed by atoms with Crippen LogP contribution in [0.1, 0.15) is 50.8 Å². The largest absolute Gasteiger partial charge is 0.388 e. The van der Waals surface area contributed by atoms with Crippen LogP contribution in [-0.4, -0.2) is 5.11 Å². The van der Waals surface area contributed by atoms with Crippen molar-refractivity contribution in [1.82, 2.24) is 0 Å². The van der Waals surface area contributed by atoms with E-state index < -0.39 is 0 Å². The van der Waals surface area contributed by atoms with E-state index in [9.17, 15) is 5.11 Å². The van der Waals surface area contributed by atoms with Gasteiger partial charge in [-0.1, -0.05) is 51.5 Å². The van der Waals surface area contributed by atoms with Crippen molar-refractivity contribution in [2.45, 2.75) is 46.1 Å². The van der Waals surface area contributed by atoms with Crippen LogP contribution in [0.5, 0.6) is 0 Å². The predicted octanol–water partition coefficient (Wildman–Crippen LogP) is 3.72. The van der Waals surface area contributed by atoms with Gasteiger partial charge in [0.05, 0.1) is 6.10 Å². The molecule has 0 saturated heterocycles. The fourth-order valence-corrected chi connectivity index (χ4v) is 2.23. The lowest BCUT2D eigenvalue weighted by molar-refractivity contribution is 0.0914. The third-order valence-corrected chi connectivity index (χ3v) is 3.13. The smallest absolute Gasteiger partial charge is 0.0820 e. The number of rotatable bonds is 1. The maximum atomic E-state index is 10.0. The Bertz CT molecular complexity index is 293. The summed E-state index contributed by atoms with van der Waals surface area (Å²) in [6.45, 7) is 6.15. The normalized spacial score (nSPS) is 23.7. The van der Waals surface area contributed by atoms with E-state index in [0.29, 0.717) is 5.92 Å². The molecule has 0 amide bonds. The molecule has 1 aliphatic rings. The van der Waals surface area contributed by atoms with Crippen LogP contribution in [0, 0.1) is 5.92 Å². The second kappa shape index (κ2) is 5.92. The van der Waals surface area contributed by atoms with Crippen LogP contribution in [0.2, 0.25) is 0 Å². The third kappa shape index (κ3) is 2.60. The van der Waals surface area contributed by atoms with Gasteiger partial charge in [0.1, 0.15) is 0 Å². The molecule has 0 saturated carbocycles. The zero-order valence-corrected chi connectivity index (χ0v) is 10.0. The summed E-state index contributed by atoms with van der Waals surface area (Å²) >= 11 is 0. The van der Waals surface area contributed by atoms with Crippen molar-refractivity contribution in [2.24, 2.45) is 5.92 Å². The quantitative estimate of drug-likeness (QED) is 0.742. The number of aliphatic hydroxyl groups excluding tert-OH is 1. The van der Waals surface area contributed by atoms with Crippen molar-refractivity contribution in [2.75, 3.05) is 0 Å². The topological polar surface area (TPSA) is 20.2 Å². The standard InChI is InChI=1S/C12H16O.C2H6/c1-2-9-7-8-10-5-3-4-6-11(10)12(9)13;1-2/h3-6,9,12-13H,2,7-8H2,1H3;1-2H3. The molecule has 84 valence electrons. The molecule has 1 aromatic carbocycles. The van der Waals surface area contributed by atoms with Crippen LogP contribution in [-0.2, 0) is 6.42 Å². The summed E-state index contributed by atoms with van der Waals surface area (Å²) in [5, 5.41) is 10.0. The van der Waals surface area contributed by atoms with Gasteiger partial charge in [0.15, 0.2) is 0 Å². The van der Waals surface area contributed by atoms with Gasteiger partial charge < -0.3 is 5.11 Å². The highest BCUT2D eigenvalue weighted by molar-refractivity contribution is 5.31. The van der Waals surface area contributed by atoms with Crippen LogP contribution in [0.15, 0.2) is 24.3 Å². The fourth-order valence-electron chi connectivity index (χ4n) is 2.23. The van der Waals surface area contributed by atoms with Gasteiger partial charge in [-0.15, -0.1) is 0 Å². The van der Waals surface area contributed by atoms with Crippen molar-refractivity contribution in [3.05, 3.63) is 35.4 Å². The van der Waals surface area contributed by atoms with Crippen LogP contribution >= 0.6 is 0 Å². The van der Waals surface area contributed by atoms with Crippen LogP contribution in [0.25, 0.3) is 0 Å². The number of aliphatic hydroxyl groups is 1. The predicted molar refractivity (Wildman–Crippen MR) is 64.9 cm³/mol. The molecule has 2 rings (SSSR count). The van der Waals surface area contributed by atoms with Gasteiger partial charge in [0.25, 0.3) is 0 Å². The zero-order chi connectivity index (χ0) is 11.3. The van der Waals surface area contributed by atoms with Crippen molar-refractivity contribution in [3.8, 4) is 0 Å². The summed E-state index contributed by atoms with van der Waals surface area (Å²) in [5.41, 5.74) is 2.49. The first-order chi connectivity index (χ1) is 7.33. The number of hydrogen-bond donors (Lipinski definition) is 1. The molecule has 0 radical (unpaired) electrons. The molecular weight excluding hydrogens is 184 g/mol. The van der Waals surface area contributed by atoms with Gasteiger partial charge in [-0.3, -0.25) is 0 Å². The molecule has 0 aliphatic heterocycles. The molecule has 2 atom stereocenters. The van der Waals surface area contributed by atoms with E-state index in [1.165, 1.54) is 5.56 Å². The minimum absolute atomic E-state index is 0.227. The molecule has 0 heterocycles. The molecule has 0 bridgehead atoms. The van der Waals surface area contributed by atoms with Crippen molar-refractivity contribution < 1.29 is 5.11 Å². The summed E-state index contributed by atoms with van der Waals surface area (Å²) in [7, 11) is 0. The van der Waals surface area contributed by atoms with Gasteiger partial charge in [0, 0.05) is 0 Å². The Kier molecular flexibility index (Phi) is 4.83. The molecule has 15 heavy (non-hydrogen) atoms. The number of fused-ring (bicyclic) bond motifs is 1. The van der Waals surface area contributed by atoms with Crippen LogP contribution in [0.4, 0.5) is 0 Å². The van der Waals surface area contributed by atoms with Gasteiger partial charge in [0.2, 0.25) is 0 Å². The van der Waals surface area contributed by atoms with E-state index in [1.807, 2.05) is 19.9 Å². The maximum Gasteiger partial charge on any atom is 0.0820 e. The minimum Gasteiger partial charge on any atom is -0.388 e. The van der Waals surface area contributed by atoms with E-state index in [4.69, 9.17) is 0 Å². The first-order valence-corrected chi connectivity index (χ1v) is 6.08. The van der Waals surface area contributed by atoms with Crippen molar-refractivity contribution in [3.63, 3.8) is 0 Å². The summed E-state index contributed by atoms with van der Waals surface area (Å²) in [5.74, 6) is 0.467. The number of aryl methyl sites for hydroxylation is 1. The SMILES string of the molecule is CC.CCC1CCc2ccccc2C1O. The number of benzene rings is 1. The maximum absolute atomic E-state index is 10.0. The number of hydrogen-bond acceptors (Lipinski definition) is 1. The summed E-state index contributed by atoms with van der Waals surface area (Å²) in [6, 6.07) is 8.25. The Morgan fingerprint density at radius 1 is 1.27 bits per heavy atom.